The molecule has 0 aliphatic heterocycles. The van der Waals surface area contributed by atoms with Crippen LogP contribution in [-0.2, 0) is 4.74 Å². The Balaban J connectivity index is 2.65. The summed E-state index contributed by atoms with van der Waals surface area (Å²) in [5, 5.41) is 11.3. The number of carbonyl (C=O) groups excluding carboxylic acids is 1. The van der Waals surface area contributed by atoms with Gasteiger partial charge in [-0.1, -0.05) is 0 Å². The average Bonchev–Trinajstić information content (AvgIpc) is 2.26. The molecule has 0 aliphatic rings. The molecule has 0 bridgehead atoms. The second kappa shape index (κ2) is 5.87. The number of nitrogens with one attached hydrogen (secondary N) is 1. The molecule has 19 heavy (non-hydrogen) atoms. The number of aliphatic hydroxyl groups excluding tert-OH is 1. The number of alkyl halides is 2. The Labute approximate surface area is 108 Å². The van der Waals surface area contributed by atoms with E-state index in [1.165, 1.54) is 0 Å². The first kappa shape index (κ1) is 15.2. The highest BCUT2D eigenvalue weighted by Crippen LogP contribution is 2.19. The van der Waals surface area contributed by atoms with Gasteiger partial charge >= 0.3 is 6.09 Å². The van der Waals surface area contributed by atoms with Crippen LogP contribution < -0.4 is 5.32 Å². The Morgan fingerprint density at radius 3 is 2.32 bits per heavy atom. The molecule has 0 saturated carbocycles. The summed E-state index contributed by atoms with van der Waals surface area (Å²) >= 11 is 0. The summed E-state index contributed by atoms with van der Waals surface area (Å²) in [6, 6.07) is 0. The van der Waals surface area contributed by atoms with E-state index >= 15 is 0 Å². The summed E-state index contributed by atoms with van der Waals surface area (Å²) in [5.41, 5.74) is -0.805. The summed E-state index contributed by atoms with van der Waals surface area (Å²) in [6.07, 6.45) is -3.61. The summed E-state index contributed by atoms with van der Waals surface area (Å²) in [5.74, 6) is -0.0977. The quantitative estimate of drug-likeness (QED) is 0.882. The Morgan fingerprint density at radius 2 is 1.89 bits per heavy atom. The lowest BCUT2D eigenvalue weighted by atomic mass is 10.2. The van der Waals surface area contributed by atoms with Crippen LogP contribution in [0.1, 0.15) is 32.4 Å². The van der Waals surface area contributed by atoms with Gasteiger partial charge in [-0.3, -0.25) is 5.32 Å². The molecule has 0 aromatic carbocycles. The zero-order chi connectivity index (χ0) is 14.6. The molecule has 0 spiro atoms. The predicted octanol–water partition coefficient (Wildman–Crippen LogP) is 2.12. The van der Waals surface area contributed by atoms with E-state index in [9.17, 15) is 13.6 Å². The fourth-order valence-corrected chi connectivity index (χ4v) is 1.10. The largest absolute Gasteiger partial charge is 0.444 e. The zero-order valence-electron chi connectivity index (χ0n) is 10.7. The number of halogens is 2. The Morgan fingerprint density at radius 1 is 1.37 bits per heavy atom. The van der Waals surface area contributed by atoms with Gasteiger partial charge in [-0.05, 0) is 20.8 Å². The van der Waals surface area contributed by atoms with Crippen molar-refractivity contribution < 1.29 is 23.4 Å². The number of aromatic nitrogens is 2. The second-order valence-electron chi connectivity index (χ2n) is 4.75. The van der Waals surface area contributed by atoms with Crippen LogP contribution in [0.4, 0.5) is 19.5 Å². The van der Waals surface area contributed by atoms with E-state index in [0.717, 1.165) is 12.4 Å². The van der Waals surface area contributed by atoms with Gasteiger partial charge in [0.25, 0.3) is 6.43 Å². The number of hydrogen-bond acceptors (Lipinski definition) is 5. The van der Waals surface area contributed by atoms with Crippen molar-refractivity contribution >= 4 is 12.0 Å². The fourth-order valence-electron chi connectivity index (χ4n) is 1.10. The van der Waals surface area contributed by atoms with Crippen molar-refractivity contribution in [3.8, 4) is 0 Å². The van der Waals surface area contributed by atoms with Crippen LogP contribution in [0.3, 0.4) is 0 Å². The lowest BCUT2D eigenvalue weighted by molar-refractivity contribution is -0.00615. The smallest absolute Gasteiger partial charge is 0.414 e. The average molecular weight is 275 g/mol. The van der Waals surface area contributed by atoms with Gasteiger partial charge < -0.3 is 9.84 Å². The van der Waals surface area contributed by atoms with Crippen LogP contribution >= 0.6 is 0 Å². The topological polar surface area (TPSA) is 84.3 Å². The molecule has 1 aromatic rings. The van der Waals surface area contributed by atoms with Crippen molar-refractivity contribution in [3.05, 3.63) is 18.0 Å². The van der Waals surface area contributed by atoms with Gasteiger partial charge in [0.15, 0.2) is 0 Å². The lowest BCUT2D eigenvalue weighted by Gasteiger charge is -2.19. The van der Waals surface area contributed by atoms with Crippen molar-refractivity contribution in [1.29, 1.82) is 0 Å². The third-order valence-corrected chi connectivity index (χ3v) is 1.86. The minimum Gasteiger partial charge on any atom is -0.444 e. The van der Waals surface area contributed by atoms with E-state index in [1.54, 1.807) is 20.8 Å². The molecule has 0 saturated heterocycles. The summed E-state index contributed by atoms with van der Waals surface area (Å²) in [4.78, 5) is 18.6. The van der Waals surface area contributed by atoms with Crippen molar-refractivity contribution in [3.63, 3.8) is 0 Å². The highest BCUT2D eigenvalue weighted by atomic mass is 19.3. The van der Waals surface area contributed by atoms with E-state index in [-0.39, 0.29) is 11.5 Å². The Hall–Kier alpha value is -1.83. The molecule has 1 atom stereocenters. The van der Waals surface area contributed by atoms with Crippen LogP contribution in [0.25, 0.3) is 0 Å². The highest BCUT2D eigenvalue weighted by Gasteiger charge is 2.20. The molecule has 1 rings (SSSR count). The number of anilines is 1. The number of aliphatic hydroxyl groups is 1. The minimum absolute atomic E-state index is 0.0977. The number of ether oxygens (including phenoxy) is 1. The number of carbonyl (C=O) groups is 1. The molecule has 1 aromatic heterocycles. The van der Waals surface area contributed by atoms with Gasteiger partial charge in [-0.25, -0.2) is 23.5 Å². The molecule has 0 fully saturated rings. The minimum atomic E-state index is -2.92. The molecule has 8 heteroatoms. The van der Waals surface area contributed by atoms with Gasteiger partial charge in [0.1, 0.15) is 11.7 Å². The van der Waals surface area contributed by atoms with Crippen LogP contribution in [0, 0.1) is 0 Å². The van der Waals surface area contributed by atoms with Crippen LogP contribution in [0.15, 0.2) is 12.4 Å². The second-order valence-corrected chi connectivity index (χ2v) is 4.75. The fraction of sp³-hybridized carbons (Fsp3) is 0.545. The molecule has 0 radical (unpaired) electrons. The van der Waals surface area contributed by atoms with Crippen LogP contribution in [0.2, 0.25) is 0 Å². The van der Waals surface area contributed by atoms with E-state index in [4.69, 9.17) is 9.84 Å². The first-order valence-electron chi connectivity index (χ1n) is 5.47. The van der Waals surface area contributed by atoms with Crippen molar-refractivity contribution in [2.75, 3.05) is 5.32 Å². The first-order chi connectivity index (χ1) is 8.69. The molecule has 1 amide bonds. The zero-order valence-corrected chi connectivity index (χ0v) is 10.7. The Bertz CT molecular complexity index is 432. The Kier molecular flexibility index (Phi) is 4.71. The maximum absolute atomic E-state index is 12.2. The first-order valence-corrected chi connectivity index (χ1v) is 5.47. The van der Waals surface area contributed by atoms with E-state index < -0.39 is 24.2 Å². The van der Waals surface area contributed by atoms with Gasteiger partial charge in [-0.15, -0.1) is 0 Å². The molecule has 2 N–H and O–H groups in total. The maximum Gasteiger partial charge on any atom is 0.414 e. The molecule has 106 valence electrons. The summed E-state index contributed by atoms with van der Waals surface area (Å²) in [7, 11) is 0. The summed E-state index contributed by atoms with van der Waals surface area (Å²) in [6.45, 7) is 5.07. The standard InChI is InChI=1S/C11H15F2N3O3/c1-11(2,3)19-10(18)16-9-14-4-6(5-15-9)7(17)8(12)13/h4-5,7-8,17H,1-3H3,(H,14,15,16,18). The number of hydrogen-bond donors (Lipinski definition) is 2. The van der Waals surface area contributed by atoms with Crippen LogP contribution in [-0.4, -0.2) is 33.2 Å². The van der Waals surface area contributed by atoms with E-state index in [1.807, 2.05) is 0 Å². The van der Waals surface area contributed by atoms with Gasteiger partial charge in [0.05, 0.1) is 0 Å². The number of rotatable bonds is 3. The molecular formula is C11H15F2N3O3. The van der Waals surface area contributed by atoms with Gasteiger partial charge in [0.2, 0.25) is 5.95 Å². The molecule has 6 nitrogen and oxygen atoms in total. The SMILES string of the molecule is CC(C)(C)OC(=O)Nc1ncc(C(O)C(F)F)cn1. The number of nitrogens with zero attached hydrogens (tertiary/aromatic N) is 2. The lowest BCUT2D eigenvalue weighted by Crippen LogP contribution is -2.27. The maximum atomic E-state index is 12.2. The molecular weight excluding hydrogens is 260 g/mol. The molecule has 0 aliphatic carbocycles. The van der Waals surface area contributed by atoms with Crippen molar-refractivity contribution in [2.45, 2.75) is 38.9 Å². The third-order valence-electron chi connectivity index (χ3n) is 1.86. The normalized spacial score (nSPS) is 13.2. The van der Waals surface area contributed by atoms with Crippen LogP contribution in [0.5, 0.6) is 0 Å². The van der Waals surface area contributed by atoms with Crippen molar-refractivity contribution in [2.24, 2.45) is 0 Å². The van der Waals surface area contributed by atoms with E-state index in [0.29, 0.717) is 0 Å². The predicted molar refractivity (Wildman–Crippen MR) is 62.9 cm³/mol. The van der Waals surface area contributed by atoms with Gasteiger partial charge in [-0.2, -0.15) is 0 Å². The van der Waals surface area contributed by atoms with E-state index in [2.05, 4.69) is 15.3 Å². The summed E-state index contributed by atoms with van der Waals surface area (Å²) < 4.78 is 29.4. The monoisotopic (exact) mass is 275 g/mol. The number of amides is 1. The third kappa shape index (κ3) is 5.12. The highest BCUT2D eigenvalue weighted by molar-refractivity contribution is 5.82. The molecule has 1 unspecified atom stereocenters. The molecule has 1 heterocycles. The van der Waals surface area contributed by atoms with Crippen molar-refractivity contribution in [1.82, 2.24) is 9.97 Å². The van der Waals surface area contributed by atoms with Gasteiger partial charge in [0, 0.05) is 18.0 Å².